The minimum atomic E-state index is -0.0205. The fourth-order valence-corrected chi connectivity index (χ4v) is 2.66. The average Bonchev–Trinajstić information content (AvgIpc) is 2.76. The third-order valence-electron chi connectivity index (χ3n) is 3.63. The van der Waals surface area contributed by atoms with E-state index in [1.54, 1.807) is 6.07 Å². The van der Waals surface area contributed by atoms with Gasteiger partial charge in [0.1, 0.15) is 5.82 Å². The smallest absolute Gasteiger partial charge is 0.251 e. The molecule has 0 bridgehead atoms. The van der Waals surface area contributed by atoms with E-state index < -0.39 is 0 Å². The first-order valence-corrected chi connectivity index (χ1v) is 7.00. The molecule has 0 aliphatic heterocycles. The van der Waals surface area contributed by atoms with E-state index in [2.05, 4.69) is 29.1 Å². The van der Waals surface area contributed by atoms with Crippen molar-refractivity contribution in [3.63, 3.8) is 0 Å². The standard InChI is InChI=1S/C14H23N3O/c1-3-6-15-9-12-8-13(18)17-14(16-12)11-5-4-10(2)7-11/h8,10-11,15H,3-7,9H2,1-2H3,(H,16,17,18). The summed E-state index contributed by atoms with van der Waals surface area (Å²) >= 11 is 0. The number of nitrogens with zero attached hydrogens (tertiary/aromatic N) is 1. The summed E-state index contributed by atoms with van der Waals surface area (Å²) in [6.45, 7) is 6.05. The van der Waals surface area contributed by atoms with Crippen LogP contribution in [0.5, 0.6) is 0 Å². The average molecular weight is 249 g/mol. The van der Waals surface area contributed by atoms with Crippen LogP contribution in [-0.2, 0) is 6.54 Å². The van der Waals surface area contributed by atoms with Crippen molar-refractivity contribution in [2.45, 2.75) is 52.0 Å². The Labute approximate surface area is 108 Å². The van der Waals surface area contributed by atoms with Gasteiger partial charge in [0.2, 0.25) is 0 Å². The molecule has 1 aliphatic carbocycles. The number of aromatic nitrogens is 2. The number of aromatic amines is 1. The molecule has 2 rings (SSSR count). The fraction of sp³-hybridized carbons (Fsp3) is 0.714. The van der Waals surface area contributed by atoms with Crippen LogP contribution in [0.15, 0.2) is 10.9 Å². The Morgan fingerprint density at radius 1 is 1.50 bits per heavy atom. The molecule has 1 aromatic heterocycles. The van der Waals surface area contributed by atoms with Crippen molar-refractivity contribution < 1.29 is 0 Å². The summed E-state index contributed by atoms with van der Waals surface area (Å²) in [5, 5.41) is 3.29. The molecule has 0 amide bonds. The highest BCUT2D eigenvalue weighted by Gasteiger charge is 2.24. The predicted octanol–water partition coefficient (Wildman–Crippen LogP) is 2.17. The van der Waals surface area contributed by atoms with Crippen LogP contribution in [-0.4, -0.2) is 16.5 Å². The van der Waals surface area contributed by atoms with Gasteiger partial charge >= 0.3 is 0 Å². The third kappa shape index (κ3) is 3.42. The van der Waals surface area contributed by atoms with Gasteiger partial charge in [-0.25, -0.2) is 4.98 Å². The summed E-state index contributed by atoms with van der Waals surface area (Å²) in [6.07, 6.45) is 4.63. The zero-order chi connectivity index (χ0) is 13.0. The SMILES string of the molecule is CCCNCc1cc(=O)[nH]c(C2CCC(C)C2)n1. The van der Waals surface area contributed by atoms with Crippen LogP contribution < -0.4 is 10.9 Å². The van der Waals surface area contributed by atoms with E-state index in [0.717, 1.165) is 43.2 Å². The molecular weight excluding hydrogens is 226 g/mol. The number of nitrogens with one attached hydrogen (secondary N) is 2. The molecule has 100 valence electrons. The summed E-state index contributed by atoms with van der Waals surface area (Å²) in [7, 11) is 0. The molecular formula is C14H23N3O. The second-order valence-corrected chi connectivity index (χ2v) is 5.41. The van der Waals surface area contributed by atoms with Crippen LogP contribution in [0, 0.1) is 5.92 Å². The van der Waals surface area contributed by atoms with Crippen LogP contribution in [0.1, 0.15) is 57.0 Å². The fourth-order valence-electron chi connectivity index (χ4n) is 2.66. The normalized spacial score (nSPS) is 23.4. The second kappa shape index (κ2) is 6.14. The van der Waals surface area contributed by atoms with E-state index in [-0.39, 0.29) is 5.56 Å². The zero-order valence-electron chi connectivity index (χ0n) is 11.3. The molecule has 0 saturated heterocycles. The Morgan fingerprint density at radius 2 is 2.33 bits per heavy atom. The van der Waals surface area contributed by atoms with Gasteiger partial charge in [-0.05, 0) is 38.1 Å². The molecule has 1 aromatic rings. The number of H-pyrrole nitrogens is 1. The van der Waals surface area contributed by atoms with Crippen molar-refractivity contribution in [3.05, 3.63) is 27.9 Å². The first-order chi connectivity index (χ1) is 8.69. The lowest BCUT2D eigenvalue weighted by molar-refractivity contribution is 0.579. The van der Waals surface area contributed by atoms with Gasteiger partial charge in [-0.15, -0.1) is 0 Å². The third-order valence-corrected chi connectivity index (χ3v) is 3.63. The van der Waals surface area contributed by atoms with Crippen molar-refractivity contribution in [1.29, 1.82) is 0 Å². The van der Waals surface area contributed by atoms with Gasteiger partial charge in [0.25, 0.3) is 5.56 Å². The van der Waals surface area contributed by atoms with E-state index in [9.17, 15) is 4.79 Å². The zero-order valence-corrected chi connectivity index (χ0v) is 11.3. The lowest BCUT2D eigenvalue weighted by atomic mass is 10.1. The van der Waals surface area contributed by atoms with Crippen LogP contribution in [0.2, 0.25) is 0 Å². The first kappa shape index (κ1) is 13.3. The van der Waals surface area contributed by atoms with Gasteiger partial charge in [0.15, 0.2) is 0 Å². The van der Waals surface area contributed by atoms with Crippen molar-refractivity contribution in [3.8, 4) is 0 Å². The number of hydrogen-bond donors (Lipinski definition) is 2. The lowest BCUT2D eigenvalue weighted by Crippen LogP contribution is -2.20. The lowest BCUT2D eigenvalue weighted by Gasteiger charge is -2.10. The van der Waals surface area contributed by atoms with Gasteiger partial charge < -0.3 is 10.3 Å². The highest BCUT2D eigenvalue weighted by Crippen LogP contribution is 2.35. The van der Waals surface area contributed by atoms with Crippen molar-refractivity contribution >= 4 is 0 Å². The summed E-state index contributed by atoms with van der Waals surface area (Å²) in [6, 6.07) is 1.60. The molecule has 2 unspecified atom stereocenters. The van der Waals surface area contributed by atoms with Crippen molar-refractivity contribution in [2.75, 3.05) is 6.54 Å². The monoisotopic (exact) mass is 249 g/mol. The van der Waals surface area contributed by atoms with Crippen molar-refractivity contribution in [1.82, 2.24) is 15.3 Å². The van der Waals surface area contributed by atoms with Crippen LogP contribution in [0.3, 0.4) is 0 Å². The molecule has 2 atom stereocenters. The Bertz CT molecular complexity index is 441. The molecule has 0 spiro atoms. The molecule has 1 aliphatic rings. The summed E-state index contributed by atoms with van der Waals surface area (Å²) in [5.74, 6) is 2.08. The van der Waals surface area contributed by atoms with E-state index in [1.807, 2.05) is 0 Å². The molecule has 18 heavy (non-hydrogen) atoms. The Balaban J connectivity index is 2.08. The van der Waals surface area contributed by atoms with Crippen LogP contribution >= 0.6 is 0 Å². The predicted molar refractivity (Wildman–Crippen MR) is 72.6 cm³/mol. The van der Waals surface area contributed by atoms with Crippen molar-refractivity contribution in [2.24, 2.45) is 5.92 Å². The molecule has 1 fully saturated rings. The van der Waals surface area contributed by atoms with E-state index in [0.29, 0.717) is 12.5 Å². The Hall–Kier alpha value is -1.16. The quantitative estimate of drug-likeness (QED) is 0.786. The maximum atomic E-state index is 11.7. The molecule has 2 N–H and O–H groups in total. The van der Waals surface area contributed by atoms with Gasteiger partial charge in [-0.2, -0.15) is 0 Å². The highest BCUT2D eigenvalue weighted by atomic mass is 16.1. The van der Waals surface area contributed by atoms with Crippen LogP contribution in [0.4, 0.5) is 0 Å². The molecule has 1 heterocycles. The molecule has 0 aromatic carbocycles. The summed E-state index contributed by atoms with van der Waals surface area (Å²) in [4.78, 5) is 19.2. The van der Waals surface area contributed by atoms with E-state index >= 15 is 0 Å². The van der Waals surface area contributed by atoms with Gasteiger partial charge in [-0.1, -0.05) is 13.8 Å². The summed E-state index contributed by atoms with van der Waals surface area (Å²) in [5.41, 5.74) is 0.842. The van der Waals surface area contributed by atoms with Gasteiger partial charge in [-0.3, -0.25) is 4.79 Å². The molecule has 4 heteroatoms. The minimum absolute atomic E-state index is 0.0205. The Morgan fingerprint density at radius 3 is 3.00 bits per heavy atom. The van der Waals surface area contributed by atoms with Crippen LogP contribution in [0.25, 0.3) is 0 Å². The second-order valence-electron chi connectivity index (χ2n) is 5.41. The van der Waals surface area contributed by atoms with E-state index in [1.165, 1.54) is 6.42 Å². The first-order valence-electron chi connectivity index (χ1n) is 7.00. The molecule has 1 saturated carbocycles. The maximum absolute atomic E-state index is 11.7. The highest BCUT2D eigenvalue weighted by molar-refractivity contribution is 5.07. The number of hydrogen-bond acceptors (Lipinski definition) is 3. The maximum Gasteiger partial charge on any atom is 0.251 e. The minimum Gasteiger partial charge on any atom is -0.311 e. The topological polar surface area (TPSA) is 57.8 Å². The molecule has 0 radical (unpaired) electrons. The summed E-state index contributed by atoms with van der Waals surface area (Å²) < 4.78 is 0. The van der Waals surface area contributed by atoms with Gasteiger partial charge in [0.05, 0.1) is 5.69 Å². The largest absolute Gasteiger partial charge is 0.311 e. The van der Waals surface area contributed by atoms with Gasteiger partial charge in [0, 0.05) is 18.5 Å². The molecule has 4 nitrogen and oxygen atoms in total. The van der Waals surface area contributed by atoms with E-state index in [4.69, 9.17) is 0 Å². The number of rotatable bonds is 5. The Kier molecular flexibility index (Phi) is 4.53.